The summed E-state index contributed by atoms with van der Waals surface area (Å²) in [6.45, 7) is 0.804. The van der Waals surface area contributed by atoms with Crippen LogP contribution in [0, 0.1) is 23.0 Å². The van der Waals surface area contributed by atoms with Crippen LogP contribution < -0.4 is 20.1 Å². The van der Waals surface area contributed by atoms with Gasteiger partial charge in [0.15, 0.2) is 11.6 Å². The van der Waals surface area contributed by atoms with Gasteiger partial charge in [0.25, 0.3) is 5.92 Å². The molecule has 4 aliphatic heterocycles. The van der Waals surface area contributed by atoms with Gasteiger partial charge in [0.2, 0.25) is 0 Å². The molecule has 4 aromatic rings. The van der Waals surface area contributed by atoms with E-state index in [1.165, 1.54) is 6.07 Å². The maximum absolute atomic E-state index is 17.0. The topological polar surface area (TPSA) is 101 Å². The van der Waals surface area contributed by atoms with Crippen molar-refractivity contribution in [1.82, 2.24) is 14.9 Å². The van der Waals surface area contributed by atoms with Crippen LogP contribution in [0.2, 0.25) is 5.02 Å². The van der Waals surface area contributed by atoms with E-state index in [4.69, 9.17) is 26.8 Å². The number of anilines is 2. The van der Waals surface area contributed by atoms with Crippen molar-refractivity contribution in [3.63, 3.8) is 0 Å². The molecule has 0 amide bonds. The number of hydrogen-bond acceptors (Lipinski definition) is 9. The van der Waals surface area contributed by atoms with Gasteiger partial charge in [0.1, 0.15) is 47.6 Å². The first-order chi connectivity index (χ1) is 22.0. The number of nitrogen functional groups attached to an aromatic ring is 1. The molecule has 2 N–H and O–H groups in total. The number of aromatic nitrogens is 2. The minimum atomic E-state index is -2.95. The number of alkyl halides is 3. The third-order valence-electron chi connectivity index (χ3n) is 9.76. The second kappa shape index (κ2) is 10.4. The normalized spacial score (nSPS) is 25.3. The van der Waals surface area contributed by atoms with Gasteiger partial charge in [-0.2, -0.15) is 15.2 Å². The van der Waals surface area contributed by atoms with Gasteiger partial charge in [-0.3, -0.25) is 4.90 Å². The fourth-order valence-electron chi connectivity index (χ4n) is 7.67. The first-order valence-electron chi connectivity index (χ1n) is 14.9. The van der Waals surface area contributed by atoms with Crippen LogP contribution in [0.3, 0.4) is 0 Å². The molecular formula is C31H26ClF5N6O2S. The molecular weight excluding hydrogens is 651 g/mol. The summed E-state index contributed by atoms with van der Waals surface area (Å²) < 4.78 is 87.8. The van der Waals surface area contributed by atoms with Crippen molar-refractivity contribution < 1.29 is 31.4 Å². The Hall–Kier alpha value is -3.67. The van der Waals surface area contributed by atoms with E-state index in [-0.39, 0.29) is 91.5 Å². The highest BCUT2D eigenvalue weighted by Gasteiger charge is 2.50. The number of hydrogen-bond donors (Lipinski definition) is 1. The van der Waals surface area contributed by atoms with Gasteiger partial charge < -0.3 is 20.1 Å². The zero-order valence-electron chi connectivity index (χ0n) is 24.2. The monoisotopic (exact) mass is 676 g/mol. The molecule has 46 heavy (non-hydrogen) atoms. The molecule has 0 radical (unpaired) electrons. The van der Waals surface area contributed by atoms with E-state index in [1.807, 2.05) is 6.07 Å². The molecule has 1 unspecified atom stereocenters. The number of benzene rings is 2. The summed E-state index contributed by atoms with van der Waals surface area (Å²) in [6, 6.07) is 3.37. The minimum Gasteiger partial charge on any atom is -0.489 e. The van der Waals surface area contributed by atoms with Crippen molar-refractivity contribution in [3.05, 3.63) is 34.4 Å². The molecule has 2 aromatic heterocycles. The highest BCUT2D eigenvalue weighted by molar-refractivity contribution is 7.23. The molecule has 0 aliphatic carbocycles. The van der Waals surface area contributed by atoms with Crippen molar-refractivity contribution in [2.75, 3.05) is 43.5 Å². The minimum absolute atomic E-state index is 0.0249. The first-order valence-corrected chi connectivity index (χ1v) is 16.1. The second-order valence-electron chi connectivity index (χ2n) is 12.5. The Morgan fingerprint density at radius 1 is 1.17 bits per heavy atom. The SMILES string of the molecule is N#Cc1c(N)sc2c(F)ccc(-c3c(Cl)c4c5c(nc(OC[C@@]67CCCN6C[C@H](F)C7)nc5c3F)N3CCC(F)(F)CC3CO4)c12. The molecule has 3 saturated heterocycles. The number of fused-ring (bicyclic) bond motifs is 4. The summed E-state index contributed by atoms with van der Waals surface area (Å²) in [5.41, 5.74) is 5.07. The molecule has 4 aliphatic rings. The average Bonchev–Trinajstić information content (AvgIpc) is 3.62. The van der Waals surface area contributed by atoms with Crippen LogP contribution in [-0.2, 0) is 0 Å². The molecule has 0 bridgehead atoms. The lowest BCUT2D eigenvalue weighted by Gasteiger charge is -2.38. The van der Waals surface area contributed by atoms with Gasteiger partial charge in [0.05, 0.1) is 32.3 Å². The van der Waals surface area contributed by atoms with E-state index in [0.717, 1.165) is 36.8 Å². The van der Waals surface area contributed by atoms with Gasteiger partial charge in [-0.05, 0) is 31.0 Å². The standard InChI is InChI=1S/C31H26ClF5N6O2S/c32-22-20(16-2-3-18(34)26-19(16)17(10-38)27(39)46-26)23(35)24-21-25(22)44-12-15-9-31(36,37)5-7-43(15)28(21)41-29(40-24)45-13-30-4-1-6-42(30)11-14(33)8-30/h2-3,14-15H,1,4-9,11-13,39H2/t14-,15?,30+/m1/s1. The summed E-state index contributed by atoms with van der Waals surface area (Å²) in [4.78, 5) is 12.8. The van der Waals surface area contributed by atoms with E-state index in [1.54, 1.807) is 4.90 Å². The Labute approximate surface area is 268 Å². The first kappa shape index (κ1) is 29.7. The van der Waals surface area contributed by atoms with Crippen molar-refractivity contribution >= 4 is 54.7 Å². The zero-order valence-corrected chi connectivity index (χ0v) is 25.8. The Kier molecular flexibility index (Phi) is 6.73. The van der Waals surface area contributed by atoms with Crippen molar-refractivity contribution in [3.8, 4) is 29.0 Å². The summed E-state index contributed by atoms with van der Waals surface area (Å²) in [7, 11) is 0. The van der Waals surface area contributed by atoms with Gasteiger partial charge in [-0.25, -0.2) is 22.0 Å². The summed E-state index contributed by atoms with van der Waals surface area (Å²) in [6.07, 6.45) is -0.0900. The Bertz CT molecular complexity index is 1990. The predicted molar refractivity (Wildman–Crippen MR) is 164 cm³/mol. The van der Waals surface area contributed by atoms with E-state index >= 15 is 4.39 Å². The number of halogens is 6. The smallest absolute Gasteiger partial charge is 0.319 e. The van der Waals surface area contributed by atoms with Crippen LogP contribution in [0.4, 0.5) is 32.8 Å². The lowest BCUT2D eigenvalue weighted by Crippen LogP contribution is -2.49. The average molecular weight is 677 g/mol. The number of nitrogens with two attached hydrogens (primary N) is 1. The highest BCUT2D eigenvalue weighted by atomic mass is 35.5. The Morgan fingerprint density at radius 3 is 2.80 bits per heavy atom. The Balaban J connectivity index is 1.34. The molecule has 6 heterocycles. The predicted octanol–water partition coefficient (Wildman–Crippen LogP) is 6.85. The Morgan fingerprint density at radius 2 is 2.00 bits per heavy atom. The van der Waals surface area contributed by atoms with Crippen molar-refractivity contribution in [2.24, 2.45) is 0 Å². The van der Waals surface area contributed by atoms with Gasteiger partial charge in [-0.15, -0.1) is 11.3 Å². The van der Waals surface area contributed by atoms with E-state index in [9.17, 15) is 22.8 Å². The summed E-state index contributed by atoms with van der Waals surface area (Å²) in [5.74, 6) is -4.41. The molecule has 2 aromatic carbocycles. The van der Waals surface area contributed by atoms with Crippen molar-refractivity contribution in [2.45, 2.75) is 55.8 Å². The van der Waals surface area contributed by atoms with Gasteiger partial charge in [-0.1, -0.05) is 17.7 Å². The molecule has 0 spiro atoms. The third kappa shape index (κ3) is 4.38. The number of rotatable bonds is 4. The number of piperidine rings is 1. The lowest BCUT2D eigenvalue weighted by atomic mass is 9.95. The van der Waals surface area contributed by atoms with E-state index in [0.29, 0.717) is 6.54 Å². The van der Waals surface area contributed by atoms with Crippen LogP contribution in [-0.4, -0.2) is 71.4 Å². The molecule has 8 rings (SSSR count). The van der Waals surface area contributed by atoms with E-state index in [2.05, 4.69) is 14.9 Å². The van der Waals surface area contributed by atoms with Crippen LogP contribution >= 0.6 is 22.9 Å². The van der Waals surface area contributed by atoms with Gasteiger partial charge >= 0.3 is 6.01 Å². The maximum Gasteiger partial charge on any atom is 0.319 e. The van der Waals surface area contributed by atoms with Gasteiger partial charge in [0, 0.05) is 43.3 Å². The molecule has 3 atom stereocenters. The number of ether oxygens (including phenoxy) is 2. The molecule has 240 valence electrons. The summed E-state index contributed by atoms with van der Waals surface area (Å²) in [5, 5.41) is 9.87. The number of nitriles is 1. The molecule has 0 saturated carbocycles. The zero-order chi connectivity index (χ0) is 32.1. The highest BCUT2D eigenvalue weighted by Crippen LogP contribution is 2.52. The molecule has 8 nitrogen and oxygen atoms in total. The quantitative estimate of drug-likeness (QED) is 0.235. The van der Waals surface area contributed by atoms with Crippen LogP contribution in [0.25, 0.3) is 32.1 Å². The fourth-order valence-corrected chi connectivity index (χ4v) is 8.95. The summed E-state index contributed by atoms with van der Waals surface area (Å²) >= 11 is 7.75. The third-order valence-corrected chi connectivity index (χ3v) is 11.1. The number of nitrogens with zero attached hydrogens (tertiary/aromatic N) is 5. The largest absolute Gasteiger partial charge is 0.489 e. The van der Waals surface area contributed by atoms with Crippen LogP contribution in [0.1, 0.15) is 37.7 Å². The lowest BCUT2D eigenvalue weighted by molar-refractivity contribution is -0.0378. The molecule has 3 fully saturated rings. The van der Waals surface area contributed by atoms with Crippen molar-refractivity contribution in [1.29, 1.82) is 5.26 Å². The fraction of sp³-hybridized carbons (Fsp3) is 0.452. The van der Waals surface area contributed by atoms with E-state index < -0.39 is 48.2 Å². The van der Waals surface area contributed by atoms with Crippen LogP contribution in [0.15, 0.2) is 12.1 Å². The molecule has 15 heteroatoms. The number of thiophene rings is 1. The maximum atomic E-state index is 17.0. The second-order valence-corrected chi connectivity index (χ2v) is 13.9. The van der Waals surface area contributed by atoms with Crippen LogP contribution in [0.5, 0.6) is 11.8 Å².